The average molecular weight is 334 g/mol. The van der Waals surface area contributed by atoms with Crippen molar-refractivity contribution in [3.63, 3.8) is 0 Å². The monoisotopic (exact) mass is 333 g/mol. The molecule has 0 saturated heterocycles. The van der Waals surface area contributed by atoms with Crippen LogP contribution in [0.1, 0.15) is 10.4 Å². The molecule has 0 saturated carbocycles. The highest BCUT2D eigenvalue weighted by Crippen LogP contribution is 2.14. The predicted octanol–water partition coefficient (Wildman–Crippen LogP) is 2.55. The van der Waals surface area contributed by atoms with Gasteiger partial charge in [-0.25, -0.2) is 9.18 Å². The van der Waals surface area contributed by atoms with E-state index in [2.05, 4.69) is 10.3 Å². The molecule has 0 aliphatic rings. The van der Waals surface area contributed by atoms with Crippen molar-refractivity contribution in [1.82, 2.24) is 14.9 Å². The zero-order chi connectivity index (χ0) is 16.4. The predicted molar refractivity (Wildman–Crippen MR) is 86.3 cm³/mol. The van der Waals surface area contributed by atoms with E-state index in [-0.39, 0.29) is 24.7 Å². The first kappa shape index (κ1) is 15.3. The average Bonchev–Trinajstić information content (AvgIpc) is 2.82. The van der Waals surface area contributed by atoms with Crippen LogP contribution in [0.2, 0.25) is 5.02 Å². The standard InChI is InChI=1S/C16H13ClFN3O2/c17-12-4-2-1-3-11(12)15(22)19-7-8-21-14-6-5-10(18)9-13(14)20-16(21)23/h1-6,9H,7-8H2,(H,19,22)(H,20,23). The van der Waals surface area contributed by atoms with Crippen molar-refractivity contribution >= 4 is 28.5 Å². The molecule has 2 aromatic carbocycles. The number of imidazole rings is 1. The van der Waals surface area contributed by atoms with Gasteiger partial charge in [-0.3, -0.25) is 9.36 Å². The molecule has 0 spiro atoms. The fourth-order valence-corrected chi connectivity index (χ4v) is 2.60. The van der Waals surface area contributed by atoms with Gasteiger partial charge in [0.2, 0.25) is 0 Å². The van der Waals surface area contributed by atoms with E-state index in [0.29, 0.717) is 21.6 Å². The molecule has 1 heterocycles. The Hall–Kier alpha value is -2.60. The molecule has 0 aliphatic carbocycles. The summed E-state index contributed by atoms with van der Waals surface area (Å²) < 4.78 is 14.6. The molecule has 3 aromatic rings. The number of benzene rings is 2. The Morgan fingerprint density at radius 1 is 1.26 bits per heavy atom. The number of hydrogen-bond acceptors (Lipinski definition) is 2. The Balaban J connectivity index is 1.72. The molecule has 23 heavy (non-hydrogen) atoms. The van der Waals surface area contributed by atoms with E-state index >= 15 is 0 Å². The maximum absolute atomic E-state index is 13.2. The molecule has 0 atom stereocenters. The number of hydrogen-bond donors (Lipinski definition) is 2. The van der Waals surface area contributed by atoms with E-state index in [0.717, 1.165) is 0 Å². The second-order valence-corrected chi connectivity index (χ2v) is 5.39. The summed E-state index contributed by atoms with van der Waals surface area (Å²) in [6.45, 7) is 0.509. The molecule has 3 rings (SSSR count). The number of carbonyl (C=O) groups excluding carboxylic acids is 1. The second-order valence-electron chi connectivity index (χ2n) is 4.98. The van der Waals surface area contributed by atoms with Crippen molar-refractivity contribution in [1.29, 1.82) is 0 Å². The van der Waals surface area contributed by atoms with Crippen LogP contribution in [-0.2, 0) is 6.54 Å². The van der Waals surface area contributed by atoms with Gasteiger partial charge >= 0.3 is 5.69 Å². The summed E-state index contributed by atoms with van der Waals surface area (Å²) >= 11 is 5.96. The number of rotatable bonds is 4. The number of carbonyl (C=O) groups is 1. The third-order valence-corrected chi connectivity index (χ3v) is 3.81. The van der Waals surface area contributed by atoms with Crippen LogP contribution in [0, 0.1) is 5.82 Å². The van der Waals surface area contributed by atoms with E-state index in [4.69, 9.17) is 11.6 Å². The lowest BCUT2D eigenvalue weighted by molar-refractivity contribution is 0.0952. The van der Waals surface area contributed by atoms with Gasteiger partial charge < -0.3 is 10.3 Å². The Morgan fingerprint density at radius 2 is 2.04 bits per heavy atom. The minimum atomic E-state index is -0.419. The molecule has 0 bridgehead atoms. The summed E-state index contributed by atoms with van der Waals surface area (Å²) in [6, 6.07) is 10.8. The van der Waals surface area contributed by atoms with Gasteiger partial charge in [0.15, 0.2) is 0 Å². The first-order valence-electron chi connectivity index (χ1n) is 6.97. The van der Waals surface area contributed by atoms with Crippen molar-refractivity contribution in [3.8, 4) is 0 Å². The number of halogens is 2. The first-order valence-corrected chi connectivity index (χ1v) is 7.35. The number of nitrogens with one attached hydrogen (secondary N) is 2. The Kier molecular flexibility index (Phi) is 4.16. The van der Waals surface area contributed by atoms with E-state index < -0.39 is 5.82 Å². The zero-order valence-corrected chi connectivity index (χ0v) is 12.7. The fourth-order valence-electron chi connectivity index (χ4n) is 2.38. The number of nitrogens with zero attached hydrogens (tertiary/aromatic N) is 1. The summed E-state index contributed by atoms with van der Waals surface area (Å²) in [5.74, 6) is -0.729. The van der Waals surface area contributed by atoms with Crippen molar-refractivity contribution < 1.29 is 9.18 Å². The highest BCUT2D eigenvalue weighted by molar-refractivity contribution is 6.33. The Bertz CT molecular complexity index is 932. The van der Waals surface area contributed by atoms with Crippen LogP contribution in [0.15, 0.2) is 47.3 Å². The van der Waals surface area contributed by atoms with Crippen LogP contribution in [0.25, 0.3) is 11.0 Å². The highest BCUT2D eigenvalue weighted by Gasteiger charge is 2.10. The molecule has 118 valence electrons. The molecular formula is C16H13ClFN3O2. The molecule has 2 N–H and O–H groups in total. The van der Waals surface area contributed by atoms with Crippen molar-refractivity contribution in [2.24, 2.45) is 0 Å². The summed E-state index contributed by atoms with van der Waals surface area (Å²) in [5.41, 5.74) is 1.04. The molecule has 0 aliphatic heterocycles. The first-order chi connectivity index (χ1) is 11.1. The molecule has 1 aromatic heterocycles. The molecule has 0 unspecified atom stereocenters. The quantitative estimate of drug-likeness (QED) is 0.770. The van der Waals surface area contributed by atoms with Crippen molar-refractivity contribution in [3.05, 3.63) is 69.4 Å². The van der Waals surface area contributed by atoms with Crippen LogP contribution < -0.4 is 11.0 Å². The summed E-state index contributed by atoms with van der Waals surface area (Å²) in [5, 5.41) is 3.08. The fraction of sp³-hybridized carbons (Fsp3) is 0.125. The number of aromatic nitrogens is 2. The van der Waals surface area contributed by atoms with Gasteiger partial charge in [-0.2, -0.15) is 0 Å². The van der Waals surface area contributed by atoms with Gasteiger partial charge in [-0.05, 0) is 30.3 Å². The Labute approximate surface area is 135 Å². The number of fused-ring (bicyclic) bond motifs is 1. The maximum Gasteiger partial charge on any atom is 0.326 e. The van der Waals surface area contributed by atoms with Gasteiger partial charge in [-0.15, -0.1) is 0 Å². The van der Waals surface area contributed by atoms with Crippen LogP contribution in [0.5, 0.6) is 0 Å². The smallest absolute Gasteiger partial charge is 0.326 e. The van der Waals surface area contributed by atoms with Crippen molar-refractivity contribution in [2.45, 2.75) is 6.54 Å². The zero-order valence-electron chi connectivity index (χ0n) is 12.0. The van der Waals surface area contributed by atoms with E-state index in [9.17, 15) is 14.0 Å². The SMILES string of the molecule is O=C(NCCn1c(=O)[nH]c2cc(F)ccc21)c1ccccc1Cl. The third-order valence-electron chi connectivity index (χ3n) is 3.48. The molecular weight excluding hydrogens is 321 g/mol. The second kappa shape index (κ2) is 6.26. The van der Waals surface area contributed by atoms with Gasteiger partial charge in [0.25, 0.3) is 5.91 Å². The normalized spacial score (nSPS) is 10.9. The summed E-state index contributed by atoms with van der Waals surface area (Å²) in [6.07, 6.45) is 0. The van der Waals surface area contributed by atoms with Crippen LogP contribution in [-0.4, -0.2) is 22.0 Å². The summed E-state index contributed by atoms with van der Waals surface area (Å²) in [7, 11) is 0. The van der Waals surface area contributed by atoms with Crippen molar-refractivity contribution in [2.75, 3.05) is 6.54 Å². The van der Waals surface area contributed by atoms with E-state index in [1.165, 1.54) is 22.8 Å². The third kappa shape index (κ3) is 3.12. The van der Waals surface area contributed by atoms with E-state index in [1.807, 2.05) is 0 Å². The molecule has 5 nitrogen and oxygen atoms in total. The highest BCUT2D eigenvalue weighted by atomic mass is 35.5. The lowest BCUT2D eigenvalue weighted by Gasteiger charge is -2.07. The topological polar surface area (TPSA) is 66.9 Å². The van der Waals surface area contributed by atoms with Gasteiger partial charge in [0.1, 0.15) is 5.82 Å². The molecule has 0 radical (unpaired) electrons. The lowest BCUT2D eigenvalue weighted by Crippen LogP contribution is -2.30. The number of H-pyrrole nitrogens is 1. The lowest BCUT2D eigenvalue weighted by atomic mass is 10.2. The molecule has 1 amide bonds. The van der Waals surface area contributed by atoms with Gasteiger partial charge in [0.05, 0.1) is 21.6 Å². The van der Waals surface area contributed by atoms with Crippen LogP contribution in [0.4, 0.5) is 4.39 Å². The maximum atomic E-state index is 13.2. The summed E-state index contributed by atoms with van der Waals surface area (Å²) in [4.78, 5) is 26.5. The van der Waals surface area contributed by atoms with E-state index in [1.54, 1.807) is 24.3 Å². The largest absolute Gasteiger partial charge is 0.350 e. The van der Waals surface area contributed by atoms with Crippen LogP contribution >= 0.6 is 11.6 Å². The van der Waals surface area contributed by atoms with Gasteiger partial charge in [-0.1, -0.05) is 23.7 Å². The Morgan fingerprint density at radius 3 is 2.83 bits per heavy atom. The molecule has 7 heteroatoms. The van der Waals surface area contributed by atoms with Gasteiger partial charge in [0, 0.05) is 13.1 Å². The number of aromatic amines is 1. The minimum absolute atomic E-state index is 0.244. The minimum Gasteiger partial charge on any atom is -0.350 e. The molecule has 0 fully saturated rings. The van der Waals surface area contributed by atoms with Crippen LogP contribution in [0.3, 0.4) is 0 Å². The number of amides is 1.